The van der Waals surface area contributed by atoms with Gasteiger partial charge >= 0.3 is 0 Å². The molecule has 1 saturated heterocycles. The van der Waals surface area contributed by atoms with E-state index in [2.05, 4.69) is 21.4 Å². The summed E-state index contributed by atoms with van der Waals surface area (Å²) in [5.41, 5.74) is 1.10. The summed E-state index contributed by atoms with van der Waals surface area (Å²) in [4.78, 5) is 8.68. The van der Waals surface area contributed by atoms with Crippen molar-refractivity contribution in [3.05, 3.63) is 36.5 Å². The lowest BCUT2D eigenvalue weighted by molar-refractivity contribution is 0.811. The van der Waals surface area contributed by atoms with Crippen molar-refractivity contribution in [1.29, 1.82) is 0 Å². The molecular weight excluding hydrogens is 244 g/mol. The highest BCUT2D eigenvalue weighted by atomic mass is 32.2. The van der Waals surface area contributed by atoms with Gasteiger partial charge in [0.05, 0.1) is 11.9 Å². The number of nitrogens with one attached hydrogen (secondary N) is 1. The number of pyridine rings is 1. The van der Waals surface area contributed by atoms with E-state index in [-0.39, 0.29) is 0 Å². The van der Waals surface area contributed by atoms with Gasteiger partial charge in [0, 0.05) is 24.2 Å². The van der Waals surface area contributed by atoms with Gasteiger partial charge in [-0.15, -0.1) is 0 Å². The maximum Gasteiger partial charge on any atom is 0.138 e. The number of aromatic nitrogens is 3. The van der Waals surface area contributed by atoms with E-state index in [1.165, 1.54) is 17.9 Å². The second kappa shape index (κ2) is 5.02. The molecule has 2 aromatic heterocycles. The standard InChI is InChI=1S/C13H16N4S/c1-10-14-5-6-17(10)13-3-2-11(8-15-13)16-12-4-7-18-9-12/h2-3,5-6,8,12,16H,4,7,9H2,1H3. The van der Waals surface area contributed by atoms with Crippen molar-refractivity contribution in [2.45, 2.75) is 19.4 Å². The van der Waals surface area contributed by atoms with Crippen LogP contribution in [0.5, 0.6) is 0 Å². The predicted octanol–water partition coefficient (Wildman–Crippen LogP) is 2.49. The van der Waals surface area contributed by atoms with E-state index in [1.807, 2.05) is 41.7 Å². The Bertz CT molecular complexity index is 514. The summed E-state index contributed by atoms with van der Waals surface area (Å²) >= 11 is 2.01. The lowest BCUT2D eigenvalue weighted by atomic mass is 10.2. The molecule has 1 atom stereocenters. The van der Waals surface area contributed by atoms with Gasteiger partial charge < -0.3 is 5.32 Å². The summed E-state index contributed by atoms with van der Waals surface area (Å²) in [5, 5.41) is 3.52. The van der Waals surface area contributed by atoms with Gasteiger partial charge in [-0.05, 0) is 31.2 Å². The number of thioether (sulfide) groups is 1. The molecule has 0 radical (unpaired) electrons. The number of nitrogens with zero attached hydrogens (tertiary/aromatic N) is 3. The van der Waals surface area contributed by atoms with E-state index in [4.69, 9.17) is 0 Å². The number of hydrogen-bond donors (Lipinski definition) is 1. The van der Waals surface area contributed by atoms with E-state index in [9.17, 15) is 0 Å². The monoisotopic (exact) mass is 260 g/mol. The van der Waals surface area contributed by atoms with E-state index in [1.54, 1.807) is 6.20 Å². The minimum Gasteiger partial charge on any atom is -0.380 e. The normalized spacial score (nSPS) is 19.1. The Balaban J connectivity index is 1.74. The topological polar surface area (TPSA) is 42.7 Å². The van der Waals surface area contributed by atoms with Crippen LogP contribution >= 0.6 is 11.8 Å². The van der Waals surface area contributed by atoms with Crippen LogP contribution in [-0.2, 0) is 0 Å². The van der Waals surface area contributed by atoms with E-state index >= 15 is 0 Å². The summed E-state index contributed by atoms with van der Waals surface area (Å²) in [6.07, 6.45) is 6.86. The number of hydrogen-bond acceptors (Lipinski definition) is 4. The molecule has 3 heterocycles. The highest BCUT2D eigenvalue weighted by Gasteiger charge is 2.14. The van der Waals surface area contributed by atoms with E-state index in [0.29, 0.717) is 6.04 Å². The molecule has 2 aromatic rings. The van der Waals surface area contributed by atoms with Crippen LogP contribution in [0.3, 0.4) is 0 Å². The quantitative estimate of drug-likeness (QED) is 0.920. The van der Waals surface area contributed by atoms with Crippen LogP contribution in [-0.4, -0.2) is 32.1 Å². The van der Waals surface area contributed by atoms with Gasteiger partial charge in [-0.1, -0.05) is 0 Å². The Hall–Kier alpha value is -1.49. The van der Waals surface area contributed by atoms with Crippen molar-refractivity contribution in [1.82, 2.24) is 14.5 Å². The highest BCUT2D eigenvalue weighted by molar-refractivity contribution is 7.99. The van der Waals surface area contributed by atoms with Crippen LogP contribution in [0.15, 0.2) is 30.7 Å². The third kappa shape index (κ3) is 2.36. The van der Waals surface area contributed by atoms with Crippen LogP contribution < -0.4 is 5.32 Å². The van der Waals surface area contributed by atoms with Gasteiger partial charge in [-0.2, -0.15) is 11.8 Å². The molecule has 94 valence electrons. The molecule has 0 aromatic carbocycles. The zero-order valence-corrected chi connectivity index (χ0v) is 11.2. The minimum atomic E-state index is 0.595. The van der Waals surface area contributed by atoms with Crippen molar-refractivity contribution >= 4 is 17.4 Å². The van der Waals surface area contributed by atoms with Crippen molar-refractivity contribution in [3.63, 3.8) is 0 Å². The Kier molecular flexibility index (Phi) is 3.23. The first kappa shape index (κ1) is 11.6. The summed E-state index contributed by atoms with van der Waals surface area (Å²) in [7, 11) is 0. The van der Waals surface area contributed by atoms with Crippen LogP contribution in [0.2, 0.25) is 0 Å². The van der Waals surface area contributed by atoms with Gasteiger partial charge in [-0.25, -0.2) is 9.97 Å². The first-order chi connectivity index (χ1) is 8.83. The smallest absolute Gasteiger partial charge is 0.138 e. The maximum absolute atomic E-state index is 4.48. The molecule has 3 rings (SSSR count). The van der Waals surface area contributed by atoms with Crippen molar-refractivity contribution in [3.8, 4) is 5.82 Å². The molecule has 0 aliphatic carbocycles. The fourth-order valence-corrected chi connectivity index (χ4v) is 3.27. The summed E-state index contributed by atoms with van der Waals surface area (Å²) < 4.78 is 1.98. The van der Waals surface area contributed by atoms with Crippen LogP contribution in [0, 0.1) is 6.92 Å². The number of anilines is 1. The molecule has 1 fully saturated rings. The van der Waals surface area contributed by atoms with Gasteiger partial charge in [0.15, 0.2) is 0 Å². The molecule has 1 aliphatic heterocycles. The van der Waals surface area contributed by atoms with Crippen LogP contribution in [0.1, 0.15) is 12.2 Å². The largest absolute Gasteiger partial charge is 0.380 e. The maximum atomic E-state index is 4.48. The van der Waals surface area contributed by atoms with Gasteiger partial charge in [-0.3, -0.25) is 4.57 Å². The molecule has 0 saturated carbocycles. The third-order valence-corrected chi connectivity index (χ3v) is 4.28. The Morgan fingerprint density at radius 1 is 1.39 bits per heavy atom. The van der Waals surface area contributed by atoms with Crippen molar-refractivity contribution in [2.24, 2.45) is 0 Å². The fourth-order valence-electron chi connectivity index (χ4n) is 2.12. The fraction of sp³-hybridized carbons (Fsp3) is 0.385. The molecular formula is C13H16N4S. The minimum absolute atomic E-state index is 0.595. The highest BCUT2D eigenvalue weighted by Crippen LogP contribution is 2.21. The number of aryl methyl sites for hydroxylation is 1. The Labute approximate surface area is 111 Å². The molecule has 18 heavy (non-hydrogen) atoms. The molecule has 1 unspecified atom stereocenters. The SMILES string of the molecule is Cc1nccn1-c1ccc(NC2CCSC2)cn1. The molecule has 0 bridgehead atoms. The van der Waals surface area contributed by atoms with Gasteiger partial charge in [0.25, 0.3) is 0 Å². The van der Waals surface area contributed by atoms with Crippen molar-refractivity contribution in [2.75, 3.05) is 16.8 Å². The second-order valence-electron chi connectivity index (χ2n) is 4.45. The molecule has 0 spiro atoms. The first-order valence-electron chi connectivity index (χ1n) is 6.13. The zero-order chi connectivity index (χ0) is 12.4. The summed E-state index contributed by atoms with van der Waals surface area (Å²) in [5.74, 6) is 4.33. The van der Waals surface area contributed by atoms with Crippen molar-refractivity contribution < 1.29 is 0 Å². The summed E-state index contributed by atoms with van der Waals surface area (Å²) in [6.45, 7) is 1.98. The molecule has 4 nitrogen and oxygen atoms in total. The zero-order valence-electron chi connectivity index (χ0n) is 10.3. The average molecular weight is 260 g/mol. The molecule has 5 heteroatoms. The lowest BCUT2D eigenvalue weighted by Gasteiger charge is -2.13. The van der Waals surface area contributed by atoms with E-state index in [0.717, 1.165) is 17.3 Å². The second-order valence-corrected chi connectivity index (χ2v) is 5.60. The Morgan fingerprint density at radius 2 is 2.33 bits per heavy atom. The summed E-state index contributed by atoms with van der Waals surface area (Å²) in [6, 6.07) is 4.71. The van der Waals surface area contributed by atoms with Gasteiger partial charge in [0.1, 0.15) is 11.6 Å². The molecule has 0 amide bonds. The lowest BCUT2D eigenvalue weighted by Crippen LogP contribution is -2.18. The molecule has 1 N–H and O–H groups in total. The Morgan fingerprint density at radius 3 is 2.94 bits per heavy atom. The van der Waals surface area contributed by atoms with Crippen LogP contribution in [0.4, 0.5) is 5.69 Å². The van der Waals surface area contributed by atoms with Gasteiger partial charge in [0.2, 0.25) is 0 Å². The van der Waals surface area contributed by atoms with E-state index < -0.39 is 0 Å². The third-order valence-electron chi connectivity index (χ3n) is 3.12. The molecule has 1 aliphatic rings. The predicted molar refractivity (Wildman–Crippen MR) is 75.4 cm³/mol. The average Bonchev–Trinajstić information content (AvgIpc) is 3.02. The number of imidazole rings is 1. The van der Waals surface area contributed by atoms with Crippen LogP contribution in [0.25, 0.3) is 5.82 Å². The first-order valence-corrected chi connectivity index (χ1v) is 7.29. The number of rotatable bonds is 3.